The number of carbonyl (C=O) groups is 1. The van der Waals surface area contributed by atoms with Crippen molar-refractivity contribution in [2.75, 3.05) is 24.4 Å². The first-order valence-electron chi connectivity index (χ1n) is 10.3. The van der Waals surface area contributed by atoms with E-state index in [-0.39, 0.29) is 16.2 Å². The maximum atomic E-state index is 12.7. The fourth-order valence-corrected chi connectivity index (χ4v) is 5.84. The third-order valence-electron chi connectivity index (χ3n) is 5.38. The number of carbonyl (C=O) groups excluding carboxylic acids is 1. The van der Waals surface area contributed by atoms with Crippen LogP contribution in [0.5, 0.6) is 0 Å². The summed E-state index contributed by atoms with van der Waals surface area (Å²) in [4.78, 5) is 15.1. The molecule has 0 spiro atoms. The highest BCUT2D eigenvalue weighted by Crippen LogP contribution is 2.25. The quantitative estimate of drug-likeness (QED) is 0.536. The van der Waals surface area contributed by atoms with Crippen LogP contribution in [0.2, 0.25) is 0 Å². The van der Waals surface area contributed by atoms with Gasteiger partial charge in [-0.15, -0.1) is 11.3 Å². The molecule has 0 aliphatic carbocycles. The molecule has 4 rings (SSSR count). The summed E-state index contributed by atoms with van der Waals surface area (Å²) in [5.41, 5.74) is 2.11. The summed E-state index contributed by atoms with van der Waals surface area (Å²) >= 11 is 1.16. The number of rotatable bonds is 8. The fourth-order valence-electron chi connectivity index (χ4n) is 3.79. The van der Waals surface area contributed by atoms with Crippen LogP contribution in [0.3, 0.4) is 0 Å². The van der Waals surface area contributed by atoms with Gasteiger partial charge in [-0.25, -0.2) is 8.42 Å². The van der Waals surface area contributed by atoms with E-state index in [2.05, 4.69) is 27.1 Å². The molecule has 6 nitrogen and oxygen atoms in total. The predicted octanol–water partition coefficient (Wildman–Crippen LogP) is 4.12. The van der Waals surface area contributed by atoms with E-state index in [4.69, 9.17) is 0 Å². The summed E-state index contributed by atoms with van der Waals surface area (Å²) in [5.74, 6) is -0.173. The minimum atomic E-state index is -3.60. The Kier molecular flexibility index (Phi) is 6.70. The van der Waals surface area contributed by atoms with Crippen LogP contribution < -0.4 is 10.0 Å². The lowest BCUT2D eigenvalue weighted by Gasteiger charge is -2.28. The van der Waals surface area contributed by atoms with Crippen molar-refractivity contribution < 1.29 is 13.2 Å². The third-order valence-corrected chi connectivity index (χ3v) is 8.16. The van der Waals surface area contributed by atoms with Crippen molar-refractivity contribution >= 4 is 33.0 Å². The molecule has 1 fully saturated rings. The summed E-state index contributed by atoms with van der Waals surface area (Å²) in [7, 11) is -3.60. The minimum absolute atomic E-state index is 0.143. The van der Waals surface area contributed by atoms with Crippen molar-refractivity contribution in [3.63, 3.8) is 0 Å². The molecular weight excluding hydrogens is 430 g/mol. The fraction of sp³-hybridized carbons (Fsp3) is 0.261. The summed E-state index contributed by atoms with van der Waals surface area (Å²) in [6.45, 7) is 2.60. The second-order valence-corrected chi connectivity index (χ2v) is 10.4. The molecule has 0 saturated carbocycles. The molecular formula is C23H25N3O3S2. The second-order valence-electron chi connectivity index (χ2n) is 7.49. The van der Waals surface area contributed by atoms with E-state index in [1.165, 1.54) is 18.4 Å². The van der Waals surface area contributed by atoms with Crippen molar-refractivity contribution in [3.8, 4) is 0 Å². The van der Waals surface area contributed by atoms with Crippen LogP contribution in [0.25, 0.3) is 0 Å². The first-order chi connectivity index (χ1) is 15.0. The van der Waals surface area contributed by atoms with Crippen LogP contribution in [0.15, 0.2) is 76.3 Å². The van der Waals surface area contributed by atoms with E-state index in [1.807, 2.05) is 18.2 Å². The first-order valence-corrected chi connectivity index (χ1v) is 12.6. The van der Waals surface area contributed by atoms with Crippen LogP contribution in [-0.4, -0.2) is 38.9 Å². The van der Waals surface area contributed by atoms with Gasteiger partial charge >= 0.3 is 0 Å². The molecule has 31 heavy (non-hydrogen) atoms. The van der Waals surface area contributed by atoms with Crippen molar-refractivity contribution in [2.24, 2.45) is 0 Å². The average molecular weight is 456 g/mol. The van der Waals surface area contributed by atoms with E-state index < -0.39 is 10.0 Å². The summed E-state index contributed by atoms with van der Waals surface area (Å²) in [5, 5.41) is 4.76. The van der Waals surface area contributed by atoms with Crippen molar-refractivity contribution in [1.82, 2.24) is 10.2 Å². The Labute approximate surface area is 187 Å². The summed E-state index contributed by atoms with van der Waals surface area (Å²) in [6, 6.07) is 20.1. The van der Waals surface area contributed by atoms with E-state index >= 15 is 0 Å². The molecule has 1 aliphatic heterocycles. The second kappa shape index (κ2) is 9.64. The zero-order valence-electron chi connectivity index (χ0n) is 17.0. The van der Waals surface area contributed by atoms with Gasteiger partial charge in [0.25, 0.3) is 15.9 Å². The molecule has 8 heteroatoms. The molecule has 2 aromatic carbocycles. The number of nitrogens with one attached hydrogen (secondary N) is 2. The molecule has 1 saturated heterocycles. The molecule has 1 amide bonds. The van der Waals surface area contributed by atoms with Gasteiger partial charge in [0, 0.05) is 17.8 Å². The van der Waals surface area contributed by atoms with Gasteiger partial charge < -0.3 is 5.32 Å². The van der Waals surface area contributed by atoms with Gasteiger partial charge in [-0.2, -0.15) is 0 Å². The lowest BCUT2D eigenvalue weighted by atomic mass is 10.1. The maximum absolute atomic E-state index is 12.7. The molecule has 2 N–H and O–H groups in total. The standard InChI is InChI=1S/C23H25N3O3S2/c27-23(24-17-21(26-14-4-5-15-26)18-7-2-1-3-8-18)19-10-12-20(13-11-19)25-31(28,29)22-9-6-16-30-22/h1-3,6-13,16,21,25H,4-5,14-15,17H2,(H,24,27). The van der Waals surface area contributed by atoms with Crippen molar-refractivity contribution in [1.29, 1.82) is 0 Å². The number of benzene rings is 2. The van der Waals surface area contributed by atoms with Gasteiger partial charge in [-0.3, -0.25) is 14.4 Å². The molecule has 0 radical (unpaired) electrons. The highest BCUT2D eigenvalue weighted by atomic mass is 32.2. The van der Waals surface area contributed by atoms with Gasteiger partial charge in [-0.05, 0) is 67.2 Å². The largest absolute Gasteiger partial charge is 0.350 e. The van der Waals surface area contributed by atoms with Crippen LogP contribution in [-0.2, 0) is 10.0 Å². The number of thiophene rings is 1. The lowest BCUT2D eigenvalue weighted by Crippen LogP contribution is -2.36. The van der Waals surface area contributed by atoms with E-state index in [0.717, 1.165) is 24.4 Å². The Bertz CT molecular complexity index is 1090. The van der Waals surface area contributed by atoms with Crippen LogP contribution in [0.4, 0.5) is 5.69 Å². The molecule has 1 aliphatic rings. The molecule has 1 unspecified atom stereocenters. The average Bonchev–Trinajstić information content (AvgIpc) is 3.50. The Balaban J connectivity index is 1.40. The Morgan fingerprint density at radius 2 is 1.68 bits per heavy atom. The van der Waals surface area contributed by atoms with Crippen molar-refractivity contribution in [3.05, 3.63) is 83.2 Å². The number of nitrogens with zero attached hydrogens (tertiary/aromatic N) is 1. The Morgan fingerprint density at radius 1 is 0.968 bits per heavy atom. The molecule has 1 aromatic heterocycles. The van der Waals surface area contributed by atoms with Crippen LogP contribution in [0.1, 0.15) is 34.8 Å². The molecule has 3 aromatic rings. The summed E-state index contributed by atoms with van der Waals surface area (Å²) in [6.07, 6.45) is 2.36. The third kappa shape index (κ3) is 5.33. The van der Waals surface area contributed by atoms with Crippen LogP contribution in [0, 0.1) is 0 Å². The van der Waals surface area contributed by atoms with E-state index in [0.29, 0.717) is 17.8 Å². The topological polar surface area (TPSA) is 78.5 Å². The molecule has 1 atom stereocenters. The smallest absolute Gasteiger partial charge is 0.271 e. The van der Waals surface area contributed by atoms with Gasteiger partial charge in [0.2, 0.25) is 0 Å². The highest BCUT2D eigenvalue weighted by molar-refractivity contribution is 7.94. The van der Waals surface area contributed by atoms with Gasteiger partial charge in [0.1, 0.15) is 4.21 Å². The first kappa shape index (κ1) is 21.5. The van der Waals surface area contributed by atoms with Crippen molar-refractivity contribution in [2.45, 2.75) is 23.1 Å². The minimum Gasteiger partial charge on any atom is -0.350 e. The summed E-state index contributed by atoms with van der Waals surface area (Å²) < 4.78 is 27.5. The maximum Gasteiger partial charge on any atom is 0.271 e. The molecule has 0 bridgehead atoms. The number of hydrogen-bond acceptors (Lipinski definition) is 5. The molecule has 162 valence electrons. The lowest BCUT2D eigenvalue weighted by molar-refractivity contribution is 0.0938. The van der Waals surface area contributed by atoms with E-state index in [9.17, 15) is 13.2 Å². The van der Waals surface area contributed by atoms with E-state index in [1.54, 1.807) is 41.8 Å². The zero-order chi connectivity index (χ0) is 21.7. The Hall–Kier alpha value is -2.68. The van der Waals surface area contributed by atoms with Crippen LogP contribution >= 0.6 is 11.3 Å². The van der Waals surface area contributed by atoms with Gasteiger partial charge in [-0.1, -0.05) is 36.4 Å². The number of anilines is 1. The SMILES string of the molecule is O=C(NCC(c1ccccc1)N1CCCC1)c1ccc(NS(=O)(=O)c2cccs2)cc1. The number of sulfonamides is 1. The number of hydrogen-bond donors (Lipinski definition) is 2. The Morgan fingerprint density at radius 3 is 2.32 bits per heavy atom. The molecule has 2 heterocycles. The number of amides is 1. The highest BCUT2D eigenvalue weighted by Gasteiger charge is 2.24. The predicted molar refractivity (Wildman–Crippen MR) is 124 cm³/mol. The van der Waals surface area contributed by atoms with Gasteiger partial charge in [0.05, 0.1) is 6.04 Å². The zero-order valence-corrected chi connectivity index (χ0v) is 18.7. The van der Waals surface area contributed by atoms with Gasteiger partial charge in [0.15, 0.2) is 0 Å². The normalized spacial score (nSPS) is 15.5. The monoisotopic (exact) mass is 455 g/mol. The number of likely N-dealkylation sites (tertiary alicyclic amines) is 1.